The van der Waals surface area contributed by atoms with Gasteiger partial charge in [0.2, 0.25) is 5.91 Å². The van der Waals surface area contributed by atoms with Crippen LogP contribution in [0.3, 0.4) is 0 Å². The fourth-order valence-electron chi connectivity index (χ4n) is 3.46. The number of amides is 1. The van der Waals surface area contributed by atoms with E-state index in [-0.39, 0.29) is 17.9 Å². The quantitative estimate of drug-likeness (QED) is 0.677. The number of likely N-dealkylation sites (tertiary alicyclic amines) is 1. The molecule has 3 rings (SSSR count). The monoisotopic (exact) mass is 331 g/mol. The van der Waals surface area contributed by atoms with E-state index in [1.165, 1.54) is 0 Å². The van der Waals surface area contributed by atoms with Crippen molar-refractivity contribution in [3.05, 3.63) is 24.3 Å². The Morgan fingerprint density at radius 2 is 2.46 bits per heavy atom. The second kappa shape index (κ2) is 7.72. The zero-order valence-electron chi connectivity index (χ0n) is 14.0. The molecule has 7 nitrogen and oxygen atoms in total. The topological polar surface area (TPSA) is 94.1 Å². The first-order valence-electron chi connectivity index (χ1n) is 8.71. The van der Waals surface area contributed by atoms with Gasteiger partial charge in [0, 0.05) is 19.3 Å². The highest BCUT2D eigenvalue weighted by Gasteiger charge is 2.35. The van der Waals surface area contributed by atoms with E-state index in [0.717, 1.165) is 55.5 Å². The van der Waals surface area contributed by atoms with Gasteiger partial charge in [0.1, 0.15) is 5.82 Å². The summed E-state index contributed by atoms with van der Waals surface area (Å²) in [5.74, 6) is 0.739. The summed E-state index contributed by atoms with van der Waals surface area (Å²) in [6.45, 7) is 3.15. The van der Waals surface area contributed by atoms with Gasteiger partial charge in [0.25, 0.3) is 0 Å². The molecule has 24 heavy (non-hydrogen) atoms. The van der Waals surface area contributed by atoms with Crippen LogP contribution in [0.5, 0.6) is 0 Å². The highest BCUT2D eigenvalue weighted by molar-refractivity contribution is 5.80. The largest absolute Gasteiger partial charge is 0.339 e. The van der Waals surface area contributed by atoms with Crippen molar-refractivity contribution in [3.8, 4) is 0 Å². The van der Waals surface area contributed by atoms with Crippen LogP contribution in [0, 0.1) is 5.92 Å². The van der Waals surface area contributed by atoms with Crippen molar-refractivity contribution in [2.75, 3.05) is 13.1 Å². The van der Waals surface area contributed by atoms with Gasteiger partial charge >= 0.3 is 0 Å². The molecule has 2 atom stereocenters. The van der Waals surface area contributed by atoms with Crippen LogP contribution in [-0.4, -0.2) is 44.1 Å². The van der Waals surface area contributed by atoms with Crippen LogP contribution in [0.4, 0.5) is 0 Å². The maximum Gasteiger partial charge on any atom is 0.227 e. The number of H-pyrrole nitrogens is 1. The van der Waals surface area contributed by atoms with Crippen molar-refractivity contribution >= 4 is 16.9 Å². The molecule has 0 bridgehead atoms. The minimum atomic E-state index is -0.193. The summed E-state index contributed by atoms with van der Waals surface area (Å²) in [6.07, 6.45) is 8.16. The molecule has 130 valence electrons. The van der Waals surface area contributed by atoms with E-state index in [2.05, 4.69) is 27.4 Å². The summed E-state index contributed by atoms with van der Waals surface area (Å²) in [6, 6.07) is 1.85. The van der Waals surface area contributed by atoms with Crippen LogP contribution in [-0.2, 0) is 4.79 Å². The second-order valence-corrected chi connectivity index (χ2v) is 6.41. The SMILES string of the molecule is CCCC[C@H](CNO)C(=O)N1CCC[C@H]1c1nc2ccncc2[nH]1. The molecule has 0 saturated carbocycles. The zero-order chi connectivity index (χ0) is 16.9. The number of hydrogen-bond donors (Lipinski definition) is 3. The van der Waals surface area contributed by atoms with E-state index in [1.54, 1.807) is 12.4 Å². The number of nitrogens with zero attached hydrogens (tertiary/aromatic N) is 3. The van der Waals surface area contributed by atoms with Gasteiger partial charge in [-0.05, 0) is 25.3 Å². The molecule has 1 saturated heterocycles. The van der Waals surface area contributed by atoms with E-state index in [0.29, 0.717) is 6.54 Å². The Morgan fingerprint density at radius 3 is 3.21 bits per heavy atom. The van der Waals surface area contributed by atoms with Gasteiger partial charge in [-0.15, -0.1) is 0 Å². The Balaban J connectivity index is 1.79. The van der Waals surface area contributed by atoms with Gasteiger partial charge in [-0.2, -0.15) is 0 Å². The van der Waals surface area contributed by atoms with Gasteiger partial charge < -0.3 is 15.1 Å². The lowest BCUT2D eigenvalue weighted by Gasteiger charge is -2.27. The number of aromatic amines is 1. The Kier molecular flexibility index (Phi) is 5.42. The Bertz CT molecular complexity index is 653. The number of rotatable bonds is 7. The molecular weight excluding hydrogens is 306 g/mol. The van der Waals surface area contributed by atoms with Crippen molar-refractivity contribution in [3.63, 3.8) is 0 Å². The molecule has 0 aliphatic carbocycles. The molecular formula is C17H25N5O2. The molecule has 2 aromatic rings. The van der Waals surface area contributed by atoms with E-state index in [9.17, 15) is 4.79 Å². The third-order valence-electron chi connectivity index (χ3n) is 4.75. The van der Waals surface area contributed by atoms with Crippen LogP contribution >= 0.6 is 0 Å². The van der Waals surface area contributed by atoms with Gasteiger partial charge in [0.05, 0.1) is 29.2 Å². The molecule has 1 fully saturated rings. The molecule has 2 aromatic heterocycles. The van der Waals surface area contributed by atoms with E-state index in [1.807, 2.05) is 11.0 Å². The fraction of sp³-hybridized carbons (Fsp3) is 0.588. The number of fused-ring (bicyclic) bond motifs is 1. The number of pyridine rings is 1. The van der Waals surface area contributed by atoms with Crippen molar-refractivity contribution < 1.29 is 10.0 Å². The van der Waals surface area contributed by atoms with Gasteiger partial charge in [-0.3, -0.25) is 9.78 Å². The molecule has 1 aliphatic heterocycles. The number of carbonyl (C=O) groups is 1. The molecule has 1 aliphatic rings. The maximum absolute atomic E-state index is 13.0. The number of carbonyl (C=O) groups excluding carboxylic acids is 1. The predicted molar refractivity (Wildman–Crippen MR) is 90.4 cm³/mol. The first-order valence-corrected chi connectivity index (χ1v) is 8.71. The summed E-state index contributed by atoms with van der Waals surface area (Å²) in [5.41, 5.74) is 3.95. The van der Waals surface area contributed by atoms with Crippen LogP contribution in [0.25, 0.3) is 11.0 Å². The van der Waals surface area contributed by atoms with Gasteiger partial charge in [-0.1, -0.05) is 19.8 Å². The lowest BCUT2D eigenvalue weighted by Crippen LogP contribution is -2.39. The predicted octanol–water partition coefficient (Wildman–Crippen LogP) is 2.41. The molecule has 0 radical (unpaired) electrons. The maximum atomic E-state index is 13.0. The fourth-order valence-corrected chi connectivity index (χ4v) is 3.46. The minimum absolute atomic E-state index is 0.0206. The van der Waals surface area contributed by atoms with Crippen LogP contribution in [0.15, 0.2) is 18.5 Å². The van der Waals surface area contributed by atoms with Crippen LogP contribution < -0.4 is 5.48 Å². The Labute approximate surface area is 141 Å². The molecule has 0 spiro atoms. The first kappa shape index (κ1) is 16.9. The van der Waals surface area contributed by atoms with E-state index >= 15 is 0 Å². The molecule has 7 heteroatoms. The number of hydrogen-bond acceptors (Lipinski definition) is 5. The van der Waals surface area contributed by atoms with Crippen molar-refractivity contribution in [2.45, 2.75) is 45.1 Å². The summed E-state index contributed by atoms with van der Waals surface area (Å²) in [4.78, 5) is 26.9. The smallest absolute Gasteiger partial charge is 0.227 e. The van der Waals surface area contributed by atoms with Crippen LogP contribution in [0.2, 0.25) is 0 Å². The molecule has 0 aromatic carbocycles. The number of nitrogens with one attached hydrogen (secondary N) is 2. The van der Waals surface area contributed by atoms with Crippen molar-refractivity contribution in [2.24, 2.45) is 5.92 Å². The third kappa shape index (κ3) is 3.42. The normalized spacial score (nSPS) is 19.1. The zero-order valence-corrected chi connectivity index (χ0v) is 14.0. The molecule has 3 heterocycles. The highest BCUT2D eigenvalue weighted by atomic mass is 16.5. The minimum Gasteiger partial charge on any atom is -0.339 e. The standard InChI is InChI=1S/C17H25N5O2/c1-2-3-5-12(10-19-24)17(23)22-9-4-6-15(22)16-20-13-7-8-18-11-14(13)21-16/h7-8,11-12,15,19,24H,2-6,9-10H2,1H3,(H,20,21)/t12-,15+/m1/s1. The molecule has 1 amide bonds. The lowest BCUT2D eigenvalue weighted by atomic mass is 10.00. The summed E-state index contributed by atoms with van der Waals surface area (Å²) in [5, 5.41) is 9.06. The number of unbranched alkanes of at least 4 members (excludes halogenated alkanes) is 1. The van der Waals surface area contributed by atoms with Crippen molar-refractivity contribution in [1.29, 1.82) is 0 Å². The Morgan fingerprint density at radius 1 is 1.58 bits per heavy atom. The van der Waals surface area contributed by atoms with E-state index < -0.39 is 0 Å². The summed E-state index contributed by atoms with van der Waals surface area (Å²) in [7, 11) is 0. The average molecular weight is 331 g/mol. The third-order valence-corrected chi connectivity index (χ3v) is 4.75. The van der Waals surface area contributed by atoms with Crippen molar-refractivity contribution in [1.82, 2.24) is 25.3 Å². The van der Waals surface area contributed by atoms with E-state index in [4.69, 9.17) is 5.21 Å². The van der Waals surface area contributed by atoms with Gasteiger partial charge in [-0.25, -0.2) is 10.5 Å². The second-order valence-electron chi connectivity index (χ2n) is 6.41. The van der Waals surface area contributed by atoms with Gasteiger partial charge in [0.15, 0.2) is 0 Å². The molecule has 3 N–H and O–H groups in total. The number of imidazole rings is 1. The number of hydroxylamine groups is 1. The Hall–Kier alpha value is -1.99. The number of aromatic nitrogens is 3. The first-order chi connectivity index (χ1) is 11.7. The lowest BCUT2D eigenvalue weighted by molar-refractivity contribution is -0.137. The summed E-state index contributed by atoms with van der Waals surface area (Å²) >= 11 is 0. The molecule has 0 unspecified atom stereocenters. The van der Waals surface area contributed by atoms with Crippen LogP contribution in [0.1, 0.15) is 50.9 Å². The average Bonchev–Trinajstić information content (AvgIpc) is 3.23. The highest BCUT2D eigenvalue weighted by Crippen LogP contribution is 2.33. The summed E-state index contributed by atoms with van der Waals surface area (Å²) < 4.78 is 0.